The number of carbonyl (C=O) groups is 1. The standard InChI is InChI=1S/C27H30N2O4S/c1-19-9-7-14-26(20(19)2)29(34(31,32)23-11-5-4-6-12-23)18-27(30)28-25-13-8-10-21-17-22(33-3)15-16-24(21)25/h4-7,9,11-12,14-17,25H,8,10,13,18H2,1-3H3,(H,28,30). The maximum Gasteiger partial charge on any atom is 0.264 e. The number of carbonyl (C=O) groups excluding carboxylic acids is 1. The van der Waals surface area contributed by atoms with E-state index in [0.717, 1.165) is 47.3 Å². The second-order valence-corrected chi connectivity index (χ2v) is 10.5. The number of methoxy groups -OCH3 is 1. The average Bonchev–Trinajstić information content (AvgIpc) is 2.85. The molecule has 1 aliphatic carbocycles. The van der Waals surface area contributed by atoms with Crippen molar-refractivity contribution in [2.24, 2.45) is 0 Å². The molecule has 0 aliphatic heterocycles. The van der Waals surface area contributed by atoms with Gasteiger partial charge in [0.2, 0.25) is 5.91 Å². The zero-order valence-electron chi connectivity index (χ0n) is 19.7. The zero-order chi connectivity index (χ0) is 24.3. The van der Waals surface area contributed by atoms with Gasteiger partial charge in [0.25, 0.3) is 10.0 Å². The Labute approximate surface area is 201 Å². The molecule has 0 saturated heterocycles. The first-order chi connectivity index (χ1) is 16.3. The highest BCUT2D eigenvalue weighted by Gasteiger charge is 2.30. The molecule has 4 rings (SSSR count). The van der Waals surface area contributed by atoms with Crippen LogP contribution in [0.4, 0.5) is 5.69 Å². The quantitative estimate of drug-likeness (QED) is 0.534. The average molecular weight is 479 g/mol. The van der Waals surface area contributed by atoms with Crippen LogP contribution in [0, 0.1) is 13.8 Å². The van der Waals surface area contributed by atoms with E-state index in [9.17, 15) is 13.2 Å². The third-order valence-corrected chi connectivity index (χ3v) is 8.24. The minimum atomic E-state index is -3.94. The topological polar surface area (TPSA) is 75.7 Å². The lowest BCUT2D eigenvalue weighted by atomic mass is 9.87. The predicted octanol–water partition coefficient (Wildman–Crippen LogP) is 4.70. The summed E-state index contributed by atoms with van der Waals surface area (Å²) in [6.07, 6.45) is 2.67. The Balaban J connectivity index is 1.64. The molecule has 0 fully saturated rings. The Morgan fingerprint density at radius 1 is 1.06 bits per heavy atom. The van der Waals surface area contributed by atoms with E-state index in [1.54, 1.807) is 43.5 Å². The number of amides is 1. The molecule has 1 amide bonds. The maximum absolute atomic E-state index is 13.6. The van der Waals surface area contributed by atoms with Crippen LogP contribution in [-0.2, 0) is 21.2 Å². The van der Waals surface area contributed by atoms with Crippen molar-refractivity contribution >= 4 is 21.6 Å². The monoisotopic (exact) mass is 478 g/mol. The molecule has 3 aromatic rings. The van der Waals surface area contributed by atoms with Gasteiger partial charge < -0.3 is 10.1 Å². The van der Waals surface area contributed by atoms with Crippen LogP contribution in [-0.4, -0.2) is 28.0 Å². The van der Waals surface area contributed by atoms with E-state index in [4.69, 9.17) is 4.74 Å². The molecular formula is C27H30N2O4S. The van der Waals surface area contributed by atoms with Crippen LogP contribution in [0.15, 0.2) is 71.6 Å². The lowest BCUT2D eigenvalue weighted by Gasteiger charge is -2.29. The summed E-state index contributed by atoms with van der Waals surface area (Å²) < 4.78 is 33.8. The summed E-state index contributed by atoms with van der Waals surface area (Å²) in [4.78, 5) is 13.4. The van der Waals surface area contributed by atoms with E-state index >= 15 is 0 Å². The predicted molar refractivity (Wildman–Crippen MR) is 134 cm³/mol. The smallest absolute Gasteiger partial charge is 0.264 e. The van der Waals surface area contributed by atoms with Gasteiger partial charge in [-0.15, -0.1) is 0 Å². The van der Waals surface area contributed by atoms with E-state index in [2.05, 4.69) is 5.32 Å². The van der Waals surface area contributed by atoms with Crippen molar-refractivity contribution in [2.45, 2.75) is 44.0 Å². The second-order valence-electron chi connectivity index (χ2n) is 8.62. The number of benzene rings is 3. The number of rotatable bonds is 7. The Hall–Kier alpha value is -3.32. The first-order valence-electron chi connectivity index (χ1n) is 11.4. The van der Waals surface area contributed by atoms with Crippen LogP contribution in [0.25, 0.3) is 0 Å². The number of hydrogen-bond donors (Lipinski definition) is 1. The fourth-order valence-electron chi connectivity index (χ4n) is 4.46. The van der Waals surface area contributed by atoms with Crippen LogP contribution in [0.5, 0.6) is 5.75 Å². The van der Waals surface area contributed by atoms with Gasteiger partial charge in [0, 0.05) is 0 Å². The van der Waals surface area contributed by atoms with E-state index in [0.29, 0.717) is 5.69 Å². The number of aryl methyl sites for hydroxylation is 2. The molecule has 0 saturated carbocycles. The van der Waals surface area contributed by atoms with Crippen molar-refractivity contribution in [1.29, 1.82) is 0 Å². The van der Waals surface area contributed by atoms with Crippen LogP contribution >= 0.6 is 0 Å². The van der Waals surface area contributed by atoms with Gasteiger partial charge in [0.1, 0.15) is 12.3 Å². The van der Waals surface area contributed by atoms with Crippen LogP contribution in [0.3, 0.4) is 0 Å². The van der Waals surface area contributed by atoms with Crippen molar-refractivity contribution in [3.8, 4) is 5.75 Å². The molecule has 178 valence electrons. The summed E-state index contributed by atoms with van der Waals surface area (Å²) in [7, 11) is -2.31. The summed E-state index contributed by atoms with van der Waals surface area (Å²) in [5.74, 6) is 0.454. The molecule has 0 radical (unpaired) electrons. The van der Waals surface area contributed by atoms with Gasteiger partial charge in [-0.05, 0) is 85.7 Å². The first-order valence-corrected chi connectivity index (χ1v) is 12.9. The molecule has 6 nitrogen and oxygen atoms in total. The van der Waals surface area contributed by atoms with Crippen molar-refractivity contribution in [1.82, 2.24) is 5.32 Å². The molecule has 34 heavy (non-hydrogen) atoms. The molecule has 1 atom stereocenters. The molecule has 7 heteroatoms. The number of nitrogens with zero attached hydrogens (tertiary/aromatic N) is 1. The van der Waals surface area contributed by atoms with Crippen molar-refractivity contribution in [2.75, 3.05) is 18.0 Å². The van der Waals surface area contributed by atoms with Crippen LogP contribution < -0.4 is 14.4 Å². The Kier molecular flexibility index (Phi) is 6.93. The summed E-state index contributed by atoms with van der Waals surface area (Å²) in [6, 6.07) is 19.5. The summed E-state index contributed by atoms with van der Waals surface area (Å²) in [5.41, 5.74) is 4.50. The van der Waals surface area contributed by atoms with Gasteiger partial charge >= 0.3 is 0 Å². The number of fused-ring (bicyclic) bond motifs is 1. The minimum absolute atomic E-state index is 0.152. The van der Waals surface area contributed by atoms with Gasteiger partial charge in [-0.2, -0.15) is 0 Å². The lowest BCUT2D eigenvalue weighted by Crippen LogP contribution is -2.42. The summed E-state index contributed by atoms with van der Waals surface area (Å²) in [6.45, 7) is 3.50. The molecular weight excluding hydrogens is 448 g/mol. The largest absolute Gasteiger partial charge is 0.497 e. The fraction of sp³-hybridized carbons (Fsp3) is 0.296. The Morgan fingerprint density at radius 2 is 1.82 bits per heavy atom. The summed E-state index contributed by atoms with van der Waals surface area (Å²) in [5, 5.41) is 3.08. The number of nitrogens with one attached hydrogen (secondary N) is 1. The number of hydrogen-bond acceptors (Lipinski definition) is 4. The summed E-state index contributed by atoms with van der Waals surface area (Å²) >= 11 is 0. The van der Waals surface area contributed by atoms with Gasteiger partial charge in [-0.25, -0.2) is 8.42 Å². The molecule has 1 unspecified atom stereocenters. The van der Waals surface area contributed by atoms with Crippen molar-refractivity contribution < 1.29 is 17.9 Å². The van der Waals surface area contributed by atoms with Gasteiger partial charge in [-0.1, -0.05) is 36.4 Å². The van der Waals surface area contributed by atoms with E-state index < -0.39 is 10.0 Å². The van der Waals surface area contributed by atoms with Gasteiger partial charge in [0.15, 0.2) is 0 Å². The number of sulfonamides is 1. The third kappa shape index (κ3) is 4.80. The molecule has 0 bridgehead atoms. The van der Waals surface area contributed by atoms with Crippen molar-refractivity contribution in [3.63, 3.8) is 0 Å². The van der Waals surface area contributed by atoms with E-state index in [1.807, 2.05) is 44.2 Å². The normalized spacial score (nSPS) is 15.3. The van der Waals surface area contributed by atoms with Gasteiger partial charge in [-0.3, -0.25) is 9.10 Å². The molecule has 0 spiro atoms. The number of ether oxygens (including phenoxy) is 1. The van der Waals surface area contributed by atoms with Crippen molar-refractivity contribution in [3.05, 3.63) is 89.0 Å². The molecule has 0 aromatic heterocycles. The minimum Gasteiger partial charge on any atom is -0.497 e. The Morgan fingerprint density at radius 3 is 2.56 bits per heavy atom. The second kappa shape index (κ2) is 9.89. The first kappa shape index (κ1) is 23.8. The maximum atomic E-state index is 13.6. The van der Waals surface area contributed by atoms with E-state index in [1.165, 1.54) is 4.31 Å². The Bertz CT molecular complexity index is 1290. The fourth-order valence-corrected chi connectivity index (χ4v) is 5.96. The molecule has 1 aliphatic rings. The zero-order valence-corrected chi connectivity index (χ0v) is 20.6. The number of anilines is 1. The highest BCUT2D eigenvalue weighted by molar-refractivity contribution is 7.92. The highest BCUT2D eigenvalue weighted by atomic mass is 32.2. The van der Waals surface area contributed by atoms with E-state index in [-0.39, 0.29) is 23.4 Å². The SMILES string of the molecule is COc1ccc2c(c1)CCCC2NC(=O)CN(c1cccc(C)c1C)S(=O)(=O)c1ccccc1. The van der Waals surface area contributed by atoms with Gasteiger partial charge in [0.05, 0.1) is 23.7 Å². The highest BCUT2D eigenvalue weighted by Crippen LogP contribution is 2.33. The van der Waals surface area contributed by atoms with Crippen LogP contribution in [0.1, 0.15) is 41.1 Å². The van der Waals surface area contributed by atoms with Crippen LogP contribution in [0.2, 0.25) is 0 Å². The molecule has 1 N–H and O–H groups in total. The third-order valence-electron chi connectivity index (χ3n) is 6.46. The molecule has 3 aromatic carbocycles. The lowest BCUT2D eigenvalue weighted by molar-refractivity contribution is -0.120. The molecule has 0 heterocycles.